The molecule has 13 N–H and O–H groups in total. The fraction of sp³-hybridized carbons (Fsp3) is 0.429. The third kappa shape index (κ3) is 9.56. The van der Waals surface area contributed by atoms with Crippen LogP contribution in [0.25, 0.3) is 28.7 Å². The molecule has 4 heterocycles. The molecule has 0 unspecified atom stereocenters. The molecule has 15 atom stereocenters. The van der Waals surface area contributed by atoms with Crippen LogP contribution < -0.4 is 10.2 Å². The highest BCUT2D eigenvalue weighted by atomic mass is 16.7. The maximum absolute atomic E-state index is 13.1. The van der Waals surface area contributed by atoms with E-state index in [1.54, 1.807) is 0 Å². The summed E-state index contributed by atoms with van der Waals surface area (Å²) in [5, 5.41) is 136. The van der Waals surface area contributed by atoms with Crippen LogP contribution in [0, 0.1) is 0 Å². The first-order chi connectivity index (χ1) is 30.5. The minimum absolute atomic E-state index is 0.0710. The summed E-state index contributed by atoms with van der Waals surface area (Å²) in [5.41, 5.74) is -0.371. The maximum atomic E-state index is 13.1. The van der Waals surface area contributed by atoms with Crippen LogP contribution in [0.15, 0.2) is 76.0 Å². The Labute approximate surface area is 361 Å². The highest BCUT2D eigenvalue weighted by Crippen LogP contribution is 2.45. The highest BCUT2D eigenvalue weighted by Gasteiger charge is 2.52. The van der Waals surface area contributed by atoms with Gasteiger partial charge in [0.05, 0.1) is 18.8 Å². The third-order valence-electron chi connectivity index (χ3n) is 11.0. The molecule has 3 saturated heterocycles. The van der Waals surface area contributed by atoms with Crippen molar-refractivity contribution in [2.45, 2.75) is 91.9 Å². The van der Waals surface area contributed by atoms with Gasteiger partial charge in [-0.05, 0) is 54.1 Å². The van der Waals surface area contributed by atoms with Crippen LogP contribution in [0.2, 0.25) is 0 Å². The van der Waals surface area contributed by atoms with Crippen LogP contribution in [-0.4, -0.2) is 178 Å². The summed E-state index contributed by atoms with van der Waals surface area (Å²) in [4.78, 5) is 26.0. The van der Waals surface area contributed by atoms with E-state index in [1.807, 2.05) is 0 Å². The number of ether oxygens (including phenoxy) is 6. The number of hydrogen-bond donors (Lipinski definition) is 13. The Morgan fingerprint density at radius 3 is 1.92 bits per heavy atom. The monoisotopic (exact) mass is 902 g/mol. The Morgan fingerprint density at radius 1 is 0.656 bits per heavy atom. The first-order valence-corrected chi connectivity index (χ1v) is 19.7. The van der Waals surface area contributed by atoms with E-state index in [9.17, 15) is 76.0 Å². The fourth-order valence-electron chi connectivity index (χ4n) is 7.47. The Balaban J connectivity index is 1.31. The second kappa shape index (κ2) is 19.4. The van der Waals surface area contributed by atoms with Gasteiger partial charge in [0.15, 0.2) is 23.2 Å². The molecule has 1 aliphatic carbocycles. The number of esters is 1. The van der Waals surface area contributed by atoms with E-state index in [0.29, 0.717) is 5.56 Å². The summed E-state index contributed by atoms with van der Waals surface area (Å²) < 4.78 is 41.0. The second-order valence-electron chi connectivity index (χ2n) is 15.3. The molecule has 7 rings (SSSR count). The average molecular weight is 903 g/mol. The Morgan fingerprint density at radius 2 is 1.28 bits per heavy atom. The van der Waals surface area contributed by atoms with Gasteiger partial charge in [-0.2, -0.15) is 0 Å². The van der Waals surface area contributed by atoms with Crippen molar-refractivity contribution < 1.29 is 104 Å². The molecule has 22 heteroatoms. The molecule has 0 amide bonds. The van der Waals surface area contributed by atoms with E-state index >= 15 is 0 Å². The molecule has 22 nitrogen and oxygen atoms in total. The van der Waals surface area contributed by atoms with Crippen molar-refractivity contribution in [1.29, 1.82) is 0 Å². The summed E-state index contributed by atoms with van der Waals surface area (Å²) in [7, 11) is 0. The average Bonchev–Trinajstić information content (AvgIpc) is 3.28. The number of phenols is 3. The van der Waals surface area contributed by atoms with Crippen molar-refractivity contribution in [3.05, 3.63) is 88.1 Å². The molecular formula is C42H46O22. The topological polar surface area (TPSA) is 366 Å². The van der Waals surface area contributed by atoms with Gasteiger partial charge in [-0.3, -0.25) is 4.79 Å². The van der Waals surface area contributed by atoms with Crippen molar-refractivity contribution in [2.24, 2.45) is 0 Å². The molecule has 0 radical (unpaired) electrons. The van der Waals surface area contributed by atoms with Crippen LogP contribution in [0.4, 0.5) is 0 Å². The van der Waals surface area contributed by atoms with Gasteiger partial charge in [0.1, 0.15) is 109 Å². The van der Waals surface area contributed by atoms with Crippen molar-refractivity contribution >= 4 is 12.0 Å². The number of carbonyl (C=O) groups is 1. The molecule has 0 spiro atoms. The highest BCUT2D eigenvalue weighted by molar-refractivity contribution is 5.87. The van der Waals surface area contributed by atoms with Crippen LogP contribution >= 0.6 is 0 Å². The number of aliphatic hydroxyl groups is 10. The minimum atomic E-state index is -2.04. The Hall–Kier alpha value is -5.28. The summed E-state index contributed by atoms with van der Waals surface area (Å²) in [6.07, 6.45) is -24.8. The van der Waals surface area contributed by atoms with Gasteiger partial charge in [-0.15, -0.1) is 0 Å². The predicted octanol–water partition coefficient (Wildman–Crippen LogP) is -2.69. The fourth-order valence-corrected chi connectivity index (χ4v) is 7.47. The second-order valence-corrected chi connectivity index (χ2v) is 15.3. The van der Waals surface area contributed by atoms with Gasteiger partial charge in [-0.25, -0.2) is 4.79 Å². The van der Waals surface area contributed by atoms with Crippen LogP contribution in [0.3, 0.4) is 0 Å². The standard InChI is InChI=1S/C42H46O22/c43-13-26-30(50)33(53)36(56)41(62-26)61-25-11-19(46)10-24-20(25)12-21(38(59-24)17-3-5-18(45)6-4-17)39-40(64-42-37(57)34(54)31(51)27(14-44)63-42)35(55)32(52)28(60-39)15-58-29(49)8-2-16-1-7-22(47)23(48)9-16/h1-12,26-28,30-37,39-45,47-48,50-57H,13-15H2/t26-,27-,28-,30-,31-,32-,33+,34+,35+,36-,37-,39+,40-,41-,42+/m1/s1. The van der Waals surface area contributed by atoms with Crippen molar-refractivity contribution in [3.63, 3.8) is 0 Å². The molecule has 3 fully saturated rings. The van der Waals surface area contributed by atoms with Gasteiger partial charge >= 0.3 is 5.97 Å². The summed E-state index contributed by atoms with van der Waals surface area (Å²) in [5.74, 6) is -2.67. The van der Waals surface area contributed by atoms with E-state index in [-0.39, 0.29) is 39.7 Å². The normalized spacial score (nSPS) is 33.3. The number of phenolic OH excluding ortho intramolecular Hbond substituents is 3. The van der Waals surface area contributed by atoms with Gasteiger partial charge in [0.25, 0.3) is 0 Å². The number of fused-ring (bicyclic) bond motifs is 1. The SMILES string of the molecule is O=C(C=Cc1ccc(O)c(O)c1)OC[C@H]1O[C@@H](c2cc3c(O[C@@H]4O[C@H](CO)[C@@H](O)[C@H](O)[C@H]4O)cc(=O)cc-3oc2-c2ccc(O)cc2)[C@H](O[C@@H]2O[C@H](CO)[C@@H](O)[C@H](O)[C@H]2O)[C@@H](O)[C@@H]1O. The van der Waals surface area contributed by atoms with E-state index in [1.165, 1.54) is 54.6 Å². The molecule has 0 bridgehead atoms. The number of aliphatic hydroxyl groups excluding tert-OH is 10. The summed E-state index contributed by atoms with van der Waals surface area (Å²) in [6, 6.07) is 12.4. The van der Waals surface area contributed by atoms with Crippen molar-refractivity contribution in [2.75, 3.05) is 19.8 Å². The lowest BCUT2D eigenvalue weighted by Crippen LogP contribution is -2.62. The van der Waals surface area contributed by atoms with Gasteiger partial charge in [0.2, 0.25) is 6.29 Å². The molecule has 346 valence electrons. The largest absolute Gasteiger partial charge is 0.508 e. The van der Waals surface area contributed by atoms with E-state index in [2.05, 4.69) is 0 Å². The number of aromatic hydroxyl groups is 3. The zero-order chi connectivity index (χ0) is 46.1. The number of rotatable bonds is 12. The number of hydrogen-bond acceptors (Lipinski definition) is 22. The zero-order valence-electron chi connectivity index (χ0n) is 33.2. The summed E-state index contributed by atoms with van der Waals surface area (Å²) >= 11 is 0. The van der Waals surface area contributed by atoms with Crippen LogP contribution in [-0.2, 0) is 28.5 Å². The first-order valence-electron chi connectivity index (χ1n) is 19.7. The number of benzene rings is 3. The summed E-state index contributed by atoms with van der Waals surface area (Å²) in [6.45, 7) is -2.40. The van der Waals surface area contributed by atoms with Crippen LogP contribution in [0.1, 0.15) is 17.2 Å². The van der Waals surface area contributed by atoms with Crippen LogP contribution in [0.5, 0.6) is 23.0 Å². The minimum Gasteiger partial charge on any atom is -0.508 e. The lowest BCUT2D eigenvalue weighted by atomic mass is 9.88. The molecule has 4 aliphatic heterocycles. The van der Waals surface area contributed by atoms with Crippen molar-refractivity contribution in [1.82, 2.24) is 0 Å². The predicted molar refractivity (Wildman–Crippen MR) is 211 cm³/mol. The number of carbonyl (C=O) groups excluding carboxylic acids is 1. The van der Waals surface area contributed by atoms with E-state index < -0.39 is 135 Å². The third-order valence-corrected chi connectivity index (χ3v) is 11.0. The molecule has 64 heavy (non-hydrogen) atoms. The first kappa shape index (κ1) is 46.7. The van der Waals surface area contributed by atoms with E-state index in [0.717, 1.165) is 18.2 Å². The molecule has 5 aliphatic rings. The molecule has 0 saturated carbocycles. The van der Waals surface area contributed by atoms with Gasteiger partial charge in [0, 0.05) is 29.3 Å². The van der Waals surface area contributed by atoms with E-state index in [4.69, 9.17) is 32.8 Å². The smallest absolute Gasteiger partial charge is 0.330 e. The van der Waals surface area contributed by atoms with Gasteiger partial charge < -0.3 is 99.2 Å². The molecular weight excluding hydrogens is 856 g/mol. The zero-order valence-corrected chi connectivity index (χ0v) is 33.2. The molecule has 2 aromatic carbocycles. The Bertz CT molecular complexity index is 2300. The molecule has 2 aromatic rings. The lowest BCUT2D eigenvalue weighted by Gasteiger charge is -2.46. The maximum Gasteiger partial charge on any atom is 0.330 e. The Kier molecular flexibility index (Phi) is 14.2. The van der Waals surface area contributed by atoms with Gasteiger partial charge in [-0.1, -0.05) is 6.07 Å². The lowest BCUT2D eigenvalue weighted by molar-refractivity contribution is -0.342. The quantitative estimate of drug-likeness (QED) is 0.0391. The van der Waals surface area contributed by atoms with Crippen molar-refractivity contribution in [3.8, 4) is 45.6 Å². The molecule has 0 aromatic heterocycles.